The molecular formula is C54H34N2S. The summed E-state index contributed by atoms with van der Waals surface area (Å²) in [5, 5.41) is 7.65. The lowest BCUT2D eigenvalue weighted by Gasteiger charge is -2.11. The second-order valence-electron chi connectivity index (χ2n) is 14.9. The Labute approximate surface area is 333 Å². The van der Waals surface area contributed by atoms with Gasteiger partial charge in [-0.2, -0.15) is 0 Å². The zero-order chi connectivity index (χ0) is 37.5. The van der Waals surface area contributed by atoms with Crippen LogP contribution < -0.4 is 0 Å². The Balaban J connectivity index is 1.06. The Bertz CT molecular complexity index is 3490. The lowest BCUT2D eigenvalue weighted by molar-refractivity contribution is 1.16. The van der Waals surface area contributed by atoms with Crippen LogP contribution >= 0.6 is 11.3 Å². The maximum atomic E-state index is 2.45. The van der Waals surface area contributed by atoms with Crippen LogP contribution in [0.2, 0.25) is 0 Å². The highest BCUT2D eigenvalue weighted by Crippen LogP contribution is 2.43. The van der Waals surface area contributed by atoms with E-state index in [-0.39, 0.29) is 0 Å². The third-order valence-corrected chi connectivity index (χ3v) is 12.9. The lowest BCUT2D eigenvalue weighted by Crippen LogP contribution is -1.96. The van der Waals surface area contributed by atoms with Crippen LogP contribution in [0.25, 0.3) is 109 Å². The number of fused-ring (bicyclic) bond motifs is 9. The van der Waals surface area contributed by atoms with Crippen molar-refractivity contribution in [3.63, 3.8) is 0 Å². The molecule has 0 aliphatic rings. The molecule has 0 aliphatic heterocycles. The fourth-order valence-corrected chi connectivity index (χ4v) is 10.3. The Morgan fingerprint density at radius 1 is 0.281 bits per heavy atom. The molecule has 12 aromatic rings. The number of hydrogen-bond donors (Lipinski definition) is 0. The molecule has 266 valence electrons. The van der Waals surface area contributed by atoms with Gasteiger partial charge in [-0.05, 0) is 100 Å². The second kappa shape index (κ2) is 12.7. The van der Waals surface area contributed by atoms with Crippen molar-refractivity contribution in [1.29, 1.82) is 0 Å². The maximum Gasteiger partial charge on any atom is 0.0562 e. The smallest absolute Gasteiger partial charge is 0.0562 e. The minimum absolute atomic E-state index is 1.15. The normalized spacial score (nSPS) is 11.9. The van der Waals surface area contributed by atoms with Gasteiger partial charge in [0.1, 0.15) is 0 Å². The number of hydrogen-bond acceptors (Lipinski definition) is 1. The number of para-hydroxylation sites is 2. The molecule has 0 unspecified atom stereocenters. The van der Waals surface area contributed by atoms with Gasteiger partial charge in [0.2, 0.25) is 0 Å². The van der Waals surface area contributed by atoms with Crippen LogP contribution in [0.15, 0.2) is 206 Å². The predicted molar refractivity (Wildman–Crippen MR) is 244 cm³/mol. The summed E-state index contributed by atoms with van der Waals surface area (Å²) in [5.74, 6) is 0. The maximum absolute atomic E-state index is 2.45. The molecule has 0 fully saturated rings. The zero-order valence-electron chi connectivity index (χ0n) is 30.9. The second-order valence-corrected chi connectivity index (χ2v) is 16.0. The molecule has 0 radical (unpaired) electrons. The third-order valence-electron chi connectivity index (χ3n) is 11.7. The largest absolute Gasteiger partial charge is 0.309 e. The van der Waals surface area contributed by atoms with Gasteiger partial charge in [-0.15, -0.1) is 11.3 Å². The highest BCUT2D eigenvalue weighted by atomic mass is 32.1. The van der Waals surface area contributed by atoms with Crippen molar-refractivity contribution in [3.8, 4) is 44.8 Å². The topological polar surface area (TPSA) is 9.86 Å². The van der Waals surface area contributed by atoms with Crippen molar-refractivity contribution in [2.45, 2.75) is 0 Å². The van der Waals surface area contributed by atoms with Crippen LogP contribution in [-0.4, -0.2) is 9.13 Å². The van der Waals surface area contributed by atoms with Crippen LogP contribution in [0.1, 0.15) is 0 Å². The van der Waals surface area contributed by atoms with Crippen LogP contribution in [0.5, 0.6) is 0 Å². The molecule has 0 saturated heterocycles. The summed E-state index contributed by atoms with van der Waals surface area (Å²) in [6.45, 7) is 0. The summed E-state index contributed by atoms with van der Waals surface area (Å²) in [6.07, 6.45) is 0. The summed E-state index contributed by atoms with van der Waals surface area (Å²) < 4.78 is 7.55. The number of nitrogens with zero attached hydrogens (tertiary/aromatic N) is 2. The van der Waals surface area contributed by atoms with E-state index in [1.807, 2.05) is 11.3 Å². The van der Waals surface area contributed by atoms with Crippen LogP contribution in [0.3, 0.4) is 0 Å². The highest BCUT2D eigenvalue weighted by molar-refractivity contribution is 7.26. The Morgan fingerprint density at radius 2 is 0.825 bits per heavy atom. The number of aromatic nitrogens is 2. The number of benzene rings is 9. The zero-order valence-corrected chi connectivity index (χ0v) is 31.7. The van der Waals surface area contributed by atoms with Crippen molar-refractivity contribution in [2.24, 2.45) is 0 Å². The van der Waals surface area contributed by atoms with E-state index in [0.717, 1.165) is 11.4 Å². The van der Waals surface area contributed by atoms with Crippen LogP contribution in [0, 0.1) is 0 Å². The minimum Gasteiger partial charge on any atom is -0.309 e. The minimum atomic E-state index is 1.15. The number of rotatable bonds is 5. The SMILES string of the molecule is c1ccc(-c2cccc(-c3ccc4c(c3)c3cc5c6ccccc6n(-c6ccc(-c7cccc8c7sc7ccccc78)cc6)c5cc3n4-c3ccccc3)c2)cc1. The molecule has 0 atom stereocenters. The van der Waals surface area contributed by atoms with Gasteiger partial charge in [0, 0.05) is 53.1 Å². The van der Waals surface area contributed by atoms with E-state index in [1.54, 1.807) is 0 Å². The molecule has 0 saturated carbocycles. The van der Waals surface area contributed by atoms with E-state index in [4.69, 9.17) is 0 Å². The third kappa shape index (κ3) is 5.03. The Kier molecular flexibility index (Phi) is 7.13. The molecule has 0 aliphatic carbocycles. The standard InChI is InChI=1S/C54H34N2S/c1-3-13-35(14-4-1)37-15-11-16-38(31-37)39-27-30-50-46(32-39)48-33-47-43-19-7-9-23-49(43)56(51(47)34-52(48)55(50)40-17-5-2-6-18-40)41-28-25-36(26-29-41)42-21-12-22-45-44-20-8-10-24-53(44)57-54(42)45/h1-34H. The fraction of sp³-hybridized carbons (Fsp3) is 0. The molecule has 9 aromatic carbocycles. The van der Waals surface area contributed by atoms with Gasteiger partial charge in [0.15, 0.2) is 0 Å². The molecule has 3 heterocycles. The Morgan fingerprint density at radius 3 is 1.63 bits per heavy atom. The molecule has 57 heavy (non-hydrogen) atoms. The van der Waals surface area contributed by atoms with E-state index < -0.39 is 0 Å². The first-order chi connectivity index (χ1) is 28.3. The van der Waals surface area contributed by atoms with Gasteiger partial charge in [0.25, 0.3) is 0 Å². The van der Waals surface area contributed by atoms with Gasteiger partial charge < -0.3 is 9.13 Å². The van der Waals surface area contributed by atoms with Crippen molar-refractivity contribution >= 4 is 75.1 Å². The van der Waals surface area contributed by atoms with Gasteiger partial charge in [-0.3, -0.25) is 0 Å². The van der Waals surface area contributed by atoms with E-state index in [9.17, 15) is 0 Å². The summed E-state index contributed by atoms with van der Waals surface area (Å²) in [4.78, 5) is 0. The first-order valence-electron chi connectivity index (χ1n) is 19.5. The summed E-state index contributed by atoms with van der Waals surface area (Å²) in [5.41, 5.74) is 14.5. The molecule has 12 rings (SSSR count). The molecule has 0 amide bonds. The van der Waals surface area contributed by atoms with E-state index >= 15 is 0 Å². The average molecular weight is 743 g/mol. The molecule has 3 heteroatoms. The Hall–Kier alpha value is -7.20. The fourth-order valence-electron chi connectivity index (χ4n) is 9.07. The van der Waals surface area contributed by atoms with Crippen molar-refractivity contribution in [1.82, 2.24) is 9.13 Å². The highest BCUT2D eigenvalue weighted by Gasteiger charge is 2.19. The quantitative estimate of drug-likeness (QED) is 0.166. The molecule has 2 nitrogen and oxygen atoms in total. The monoisotopic (exact) mass is 742 g/mol. The van der Waals surface area contributed by atoms with Crippen molar-refractivity contribution in [3.05, 3.63) is 206 Å². The van der Waals surface area contributed by atoms with E-state index in [0.29, 0.717) is 0 Å². The summed E-state index contributed by atoms with van der Waals surface area (Å²) >= 11 is 1.88. The van der Waals surface area contributed by atoms with E-state index in [1.165, 1.54) is 97.2 Å². The first kappa shape index (κ1) is 32.1. The van der Waals surface area contributed by atoms with Crippen LogP contribution in [0.4, 0.5) is 0 Å². The van der Waals surface area contributed by atoms with Gasteiger partial charge >= 0.3 is 0 Å². The van der Waals surface area contributed by atoms with Gasteiger partial charge in [0.05, 0.1) is 22.1 Å². The predicted octanol–water partition coefficient (Wildman–Crippen LogP) is 15.2. The average Bonchev–Trinajstić information content (AvgIpc) is 3.93. The van der Waals surface area contributed by atoms with Gasteiger partial charge in [-0.1, -0.05) is 140 Å². The molecule has 0 spiro atoms. The summed E-state index contributed by atoms with van der Waals surface area (Å²) in [7, 11) is 0. The molecule has 0 N–H and O–H groups in total. The summed E-state index contributed by atoms with van der Waals surface area (Å²) in [6, 6.07) is 75.6. The molecule has 3 aromatic heterocycles. The molecule has 0 bridgehead atoms. The molecular weight excluding hydrogens is 709 g/mol. The van der Waals surface area contributed by atoms with Crippen molar-refractivity contribution < 1.29 is 0 Å². The first-order valence-corrected chi connectivity index (χ1v) is 20.3. The van der Waals surface area contributed by atoms with Crippen LogP contribution in [-0.2, 0) is 0 Å². The van der Waals surface area contributed by atoms with Gasteiger partial charge in [-0.25, -0.2) is 0 Å². The lowest BCUT2D eigenvalue weighted by atomic mass is 9.98. The number of thiophene rings is 1. The van der Waals surface area contributed by atoms with Crippen molar-refractivity contribution in [2.75, 3.05) is 0 Å². The van der Waals surface area contributed by atoms with E-state index in [2.05, 4.69) is 215 Å².